The van der Waals surface area contributed by atoms with E-state index in [0.29, 0.717) is 16.2 Å². The predicted octanol–water partition coefficient (Wildman–Crippen LogP) is 7.94. The van der Waals surface area contributed by atoms with Gasteiger partial charge in [-0.2, -0.15) is 13.2 Å². The van der Waals surface area contributed by atoms with Gasteiger partial charge in [-0.25, -0.2) is 4.39 Å². The lowest BCUT2D eigenvalue weighted by atomic mass is 9.88. The molecule has 0 fully saturated rings. The molecule has 1 aromatic heterocycles. The molecule has 0 bridgehead atoms. The molecule has 33 heavy (non-hydrogen) atoms. The molecule has 0 aliphatic heterocycles. The molecule has 0 aliphatic carbocycles. The summed E-state index contributed by atoms with van der Waals surface area (Å²) in [7, 11) is 0. The van der Waals surface area contributed by atoms with Crippen LogP contribution in [-0.2, 0) is 18.5 Å². The van der Waals surface area contributed by atoms with Crippen molar-refractivity contribution in [1.29, 1.82) is 0 Å². The maximum atomic E-state index is 13.6. The van der Waals surface area contributed by atoms with E-state index >= 15 is 0 Å². The summed E-state index contributed by atoms with van der Waals surface area (Å²) in [6, 6.07) is 11.3. The number of halogens is 4. The second kappa shape index (κ2) is 10.3. The summed E-state index contributed by atoms with van der Waals surface area (Å²) < 4.78 is 53.1. The summed E-state index contributed by atoms with van der Waals surface area (Å²) in [5, 5.41) is 10.3. The Morgan fingerprint density at radius 3 is 2.06 bits per heavy atom. The molecular formula is C26H27F4NOS. The first-order valence-corrected chi connectivity index (χ1v) is 11.7. The third kappa shape index (κ3) is 5.76. The van der Waals surface area contributed by atoms with Crippen LogP contribution in [0.1, 0.15) is 67.6 Å². The van der Waals surface area contributed by atoms with Gasteiger partial charge in [-0.15, -0.1) is 11.8 Å². The molecule has 3 rings (SSSR count). The monoisotopic (exact) mass is 477 g/mol. The summed E-state index contributed by atoms with van der Waals surface area (Å²) in [5.74, 6) is 0.0897. The van der Waals surface area contributed by atoms with Gasteiger partial charge in [0.2, 0.25) is 0 Å². The summed E-state index contributed by atoms with van der Waals surface area (Å²) in [6.45, 7) is 7.77. The zero-order chi connectivity index (χ0) is 24.3. The number of nitrogens with zero attached hydrogens (tertiary/aromatic N) is 1. The Labute approximate surface area is 196 Å². The average molecular weight is 478 g/mol. The summed E-state index contributed by atoms with van der Waals surface area (Å²) in [6.07, 6.45) is -4.41. The van der Waals surface area contributed by atoms with Gasteiger partial charge in [-0.3, -0.25) is 4.98 Å². The molecule has 0 amide bonds. The van der Waals surface area contributed by atoms with Gasteiger partial charge in [-0.1, -0.05) is 45.9 Å². The molecule has 176 valence electrons. The number of alkyl halides is 3. The number of thioether (sulfide) groups is 1. The summed E-state index contributed by atoms with van der Waals surface area (Å²) in [4.78, 5) is 5.38. The molecule has 0 saturated carbocycles. The topological polar surface area (TPSA) is 33.1 Å². The SMILES string of the molecule is CC(C)c1nc(C(C)C)c(CSc2cccc(C(F)(F)F)c2)c(-c2ccc(F)cc2)c1CO. The molecule has 2 nitrogen and oxygen atoms in total. The van der Waals surface area contributed by atoms with Crippen molar-refractivity contribution >= 4 is 11.8 Å². The third-order valence-corrected chi connectivity index (χ3v) is 6.41. The maximum absolute atomic E-state index is 13.6. The number of pyridine rings is 1. The number of benzene rings is 2. The molecule has 1 heterocycles. The van der Waals surface area contributed by atoms with Gasteiger partial charge < -0.3 is 5.11 Å². The van der Waals surface area contributed by atoms with Gasteiger partial charge in [0.25, 0.3) is 0 Å². The lowest BCUT2D eigenvalue weighted by molar-refractivity contribution is -0.137. The van der Waals surface area contributed by atoms with Crippen molar-refractivity contribution in [2.75, 3.05) is 0 Å². The van der Waals surface area contributed by atoms with Crippen LogP contribution < -0.4 is 0 Å². The Balaban J connectivity index is 2.17. The Hall–Kier alpha value is -2.38. The van der Waals surface area contributed by atoms with Crippen molar-refractivity contribution in [3.8, 4) is 11.1 Å². The fourth-order valence-electron chi connectivity index (χ4n) is 3.85. The van der Waals surface area contributed by atoms with Crippen molar-refractivity contribution < 1.29 is 22.7 Å². The zero-order valence-corrected chi connectivity index (χ0v) is 19.8. The van der Waals surface area contributed by atoms with Crippen LogP contribution in [-0.4, -0.2) is 10.1 Å². The highest BCUT2D eigenvalue weighted by atomic mass is 32.2. The van der Waals surface area contributed by atoms with Gasteiger partial charge >= 0.3 is 6.18 Å². The quantitative estimate of drug-likeness (QED) is 0.277. The number of aromatic nitrogens is 1. The smallest absolute Gasteiger partial charge is 0.392 e. The molecular weight excluding hydrogens is 450 g/mol. The molecule has 7 heteroatoms. The molecule has 0 aliphatic rings. The van der Waals surface area contributed by atoms with E-state index in [9.17, 15) is 22.7 Å². The molecule has 0 spiro atoms. The third-order valence-electron chi connectivity index (χ3n) is 5.39. The van der Waals surface area contributed by atoms with Gasteiger partial charge in [0.05, 0.1) is 12.2 Å². The number of hydrogen-bond donors (Lipinski definition) is 1. The standard InChI is InChI=1S/C26H27F4NOS/c1-15(2)24-21(13-32)23(17-8-10-19(27)11-9-17)22(25(31-24)16(3)4)14-33-20-7-5-6-18(12-20)26(28,29)30/h5-12,15-16,32H,13-14H2,1-4H3. The molecule has 0 unspecified atom stereocenters. The van der Waals surface area contributed by atoms with E-state index in [4.69, 9.17) is 4.98 Å². The van der Waals surface area contributed by atoms with Crippen LogP contribution in [0.4, 0.5) is 17.6 Å². The van der Waals surface area contributed by atoms with Crippen LogP contribution in [0.25, 0.3) is 11.1 Å². The van der Waals surface area contributed by atoms with Crippen molar-refractivity contribution in [2.24, 2.45) is 0 Å². The summed E-state index contributed by atoms with van der Waals surface area (Å²) >= 11 is 1.29. The molecule has 0 atom stereocenters. The van der Waals surface area contributed by atoms with Gasteiger partial charge in [-0.05, 0) is 58.9 Å². The van der Waals surface area contributed by atoms with Crippen LogP contribution in [0.2, 0.25) is 0 Å². The number of rotatable bonds is 7. The van der Waals surface area contributed by atoms with E-state index < -0.39 is 11.7 Å². The van der Waals surface area contributed by atoms with Crippen LogP contribution >= 0.6 is 11.8 Å². The van der Waals surface area contributed by atoms with E-state index in [1.54, 1.807) is 18.2 Å². The molecule has 2 aromatic carbocycles. The van der Waals surface area contributed by atoms with E-state index in [1.807, 2.05) is 27.7 Å². The Kier molecular flexibility index (Phi) is 7.85. The van der Waals surface area contributed by atoms with Crippen molar-refractivity contribution in [1.82, 2.24) is 4.98 Å². The van der Waals surface area contributed by atoms with E-state index in [1.165, 1.54) is 30.0 Å². The Bertz CT molecular complexity index is 1110. The molecule has 0 saturated heterocycles. The zero-order valence-electron chi connectivity index (χ0n) is 19.0. The Morgan fingerprint density at radius 1 is 0.909 bits per heavy atom. The van der Waals surface area contributed by atoms with E-state index in [2.05, 4.69) is 0 Å². The van der Waals surface area contributed by atoms with Gasteiger partial charge in [0.15, 0.2) is 0 Å². The molecule has 3 aromatic rings. The number of aliphatic hydroxyl groups is 1. The second-order valence-electron chi connectivity index (χ2n) is 8.50. The largest absolute Gasteiger partial charge is 0.416 e. The predicted molar refractivity (Wildman–Crippen MR) is 125 cm³/mol. The van der Waals surface area contributed by atoms with E-state index in [0.717, 1.165) is 40.2 Å². The van der Waals surface area contributed by atoms with Crippen molar-refractivity contribution in [3.05, 3.63) is 82.4 Å². The Morgan fingerprint density at radius 2 is 1.52 bits per heavy atom. The highest BCUT2D eigenvalue weighted by Gasteiger charge is 2.30. The van der Waals surface area contributed by atoms with Gasteiger partial charge in [0, 0.05) is 27.6 Å². The first-order valence-electron chi connectivity index (χ1n) is 10.7. The minimum absolute atomic E-state index is 0.0477. The highest BCUT2D eigenvalue weighted by Crippen LogP contribution is 2.40. The number of hydrogen-bond acceptors (Lipinski definition) is 3. The lowest BCUT2D eigenvalue weighted by Gasteiger charge is -2.24. The lowest BCUT2D eigenvalue weighted by Crippen LogP contribution is -2.12. The summed E-state index contributed by atoms with van der Waals surface area (Å²) in [5.41, 5.74) is 3.93. The second-order valence-corrected chi connectivity index (χ2v) is 9.55. The van der Waals surface area contributed by atoms with Crippen LogP contribution in [0.3, 0.4) is 0 Å². The van der Waals surface area contributed by atoms with Crippen molar-refractivity contribution in [2.45, 2.75) is 63.0 Å². The first kappa shape index (κ1) is 25.2. The van der Waals surface area contributed by atoms with E-state index in [-0.39, 0.29) is 24.3 Å². The maximum Gasteiger partial charge on any atom is 0.416 e. The fraction of sp³-hybridized carbons (Fsp3) is 0.346. The minimum Gasteiger partial charge on any atom is -0.392 e. The first-order chi connectivity index (χ1) is 15.5. The fourth-order valence-corrected chi connectivity index (χ4v) is 4.84. The van der Waals surface area contributed by atoms with Gasteiger partial charge in [0.1, 0.15) is 5.82 Å². The normalized spacial score (nSPS) is 12.1. The van der Waals surface area contributed by atoms with Crippen LogP contribution in [0.5, 0.6) is 0 Å². The van der Waals surface area contributed by atoms with Crippen LogP contribution in [0.15, 0.2) is 53.4 Å². The highest BCUT2D eigenvalue weighted by molar-refractivity contribution is 7.98. The van der Waals surface area contributed by atoms with Crippen molar-refractivity contribution in [3.63, 3.8) is 0 Å². The number of aliphatic hydroxyl groups excluding tert-OH is 1. The minimum atomic E-state index is -4.41. The average Bonchev–Trinajstić information content (AvgIpc) is 2.76. The molecule has 0 radical (unpaired) electrons. The van der Waals surface area contributed by atoms with Crippen LogP contribution in [0, 0.1) is 5.82 Å². The molecule has 1 N–H and O–H groups in total.